The molecule has 2 N–H and O–H groups in total. The number of nitrogens with zero attached hydrogens (tertiary/aromatic N) is 1. The second-order valence-corrected chi connectivity index (χ2v) is 3.74. The van der Waals surface area contributed by atoms with Crippen molar-refractivity contribution in [2.24, 2.45) is 0 Å². The molecule has 0 atom stereocenters. The van der Waals surface area contributed by atoms with Crippen molar-refractivity contribution >= 4 is 16.3 Å². The standard InChI is InChI=1S/C13H9NO2.BrH/c15-9-5-6-14-8-13(16)11-4-2-1-3-10(11)12(14)7-9;/h1-8,16H;1H. The summed E-state index contributed by atoms with van der Waals surface area (Å²) in [6, 6.07) is 10.8. The van der Waals surface area contributed by atoms with Gasteiger partial charge in [-0.15, -0.1) is 0 Å². The fourth-order valence-electron chi connectivity index (χ4n) is 1.96. The first kappa shape index (κ1) is 11.7. The summed E-state index contributed by atoms with van der Waals surface area (Å²) in [5.74, 6) is 0.453. The highest BCUT2D eigenvalue weighted by atomic mass is 79.9. The number of aromatic hydroxyl groups is 2. The molecule has 0 radical (unpaired) electrons. The van der Waals surface area contributed by atoms with E-state index in [0.29, 0.717) is 0 Å². The maximum absolute atomic E-state index is 9.86. The molecule has 0 aliphatic carbocycles. The van der Waals surface area contributed by atoms with Gasteiger partial charge in [0.1, 0.15) is 5.75 Å². The Morgan fingerprint density at radius 2 is 1.65 bits per heavy atom. The Labute approximate surface area is 108 Å². The van der Waals surface area contributed by atoms with Crippen molar-refractivity contribution in [1.82, 2.24) is 0 Å². The topological polar surface area (TPSA) is 44.6 Å². The second-order valence-electron chi connectivity index (χ2n) is 3.74. The van der Waals surface area contributed by atoms with E-state index in [0.717, 1.165) is 16.3 Å². The van der Waals surface area contributed by atoms with E-state index in [9.17, 15) is 10.2 Å². The Balaban J connectivity index is 0.00000108. The second kappa shape index (κ2) is 4.22. The molecule has 0 saturated heterocycles. The average Bonchev–Trinajstić information content (AvgIpc) is 2.31. The van der Waals surface area contributed by atoms with Gasteiger partial charge < -0.3 is 27.2 Å². The normalized spacial score (nSPS) is 10.4. The van der Waals surface area contributed by atoms with Gasteiger partial charge in [-0.2, -0.15) is 4.40 Å². The van der Waals surface area contributed by atoms with E-state index in [1.807, 2.05) is 24.3 Å². The third kappa shape index (κ3) is 1.80. The smallest absolute Gasteiger partial charge is 0.222 e. The number of halogens is 1. The summed E-state index contributed by atoms with van der Waals surface area (Å²) in [5, 5.41) is 21.0. The lowest BCUT2D eigenvalue weighted by atomic mass is 10.1. The monoisotopic (exact) mass is 291 g/mol. The number of hydrogen-bond acceptors (Lipinski definition) is 2. The molecule has 4 heteroatoms. The molecule has 0 bridgehead atoms. The Morgan fingerprint density at radius 1 is 0.941 bits per heavy atom. The molecule has 0 fully saturated rings. The Bertz CT molecular complexity index is 697. The van der Waals surface area contributed by atoms with Crippen molar-refractivity contribution in [2.75, 3.05) is 0 Å². The van der Waals surface area contributed by atoms with Crippen LogP contribution < -0.4 is 21.4 Å². The lowest BCUT2D eigenvalue weighted by Gasteiger charge is -2.00. The average molecular weight is 292 g/mol. The summed E-state index contributed by atoms with van der Waals surface area (Å²) in [6.45, 7) is 0. The summed E-state index contributed by atoms with van der Waals surface area (Å²) in [4.78, 5) is 0. The number of benzene rings is 1. The molecule has 0 aliphatic heterocycles. The van der Waals surface area contributed by atoms with Crippen LogP contribution in [0, 0.1) is 0 Å². The third-order valence-electron chi connectivity index (χ3n) is 2.71. The highest BCUT2D eigenvalue weighted by Crippen LogP contribution is 2.26. The molecule has 1 aromatic carbocycles. The van der Waals surface area contributed by atoms with Crippen LogP contribution in [0.1, 0.15) is 0 Å². The van der Waals surface area contributed by atoms with Gasteiger partial charge in [-0.05, 0) is 6.07 Å². The van der Waals surface area contributed by atoms with Gasteiger partial charge in [0, 0.05) is 11.5 Å². The van der Waals surface area contributed by atoms with E-state index in [1.165, 1.54) is 0 Å². The molecular formula is C13H10BrNO2. The van der Waals surface area contributed by atoms with Crippen molar-refractivity contribution in [2.45, 2.75) is 0 Å². The molecule has 0 spiro atoms. The zero-order chi connectivity index (χ0) is 11.1. The molecular weight excluding hydrogens is 282 g/mol. The number of hydrogen-bond donors (Lipinski definition) is 2. The minimum absolute atomic E-state index is 0. The predicted molar refractivity (Wildman–Crippen MR) is 60.4 cm³/mol. The van der Waals surface area contributed by atoms with Gasteiger partial charge >= 0.3 is 0 Å². The van der Waals surface area contributed by atoms with Gasteiger partial charge in [0.2, 0.25) is 11.7 Å². The zero-order valence-corrected chi connectivity index (χ0v) is 10.4. The van der Waals surface area contributed by atoms with Crippen molar-refractivity contribution in [1.29, 1.82) is 0 Å². The maximum Gasteiger partial charge on any atom is 0.222 e. The van der Waals surface area contributed by atoms with E-state index in [2.05, 4.69) is 0 Å². The Morgan fingerprint density at radius 3 is 2.41 bits per heavy atom. The van der Waals surface area contributed by atoms with Gasteiger partial charge in [0.05, 0.1) is 11.5 Å². The van der Waals surface area contributed by atoms with Crippen LogP contribution in [0.3, 0.4) is 0 Å². The highest BCUT2D eigenvalue weighted by molar-refractivity contribution is 5.97. The van der Waals surface area contributed by atoms with Crippen LogP contribution in [-0.4, -0.2) is 10.2 Å². The largest absolute Gasteiger partial charge is 1.00 e. The molecule has 0 saturated carbocycles. The van der Waals surface area contributed by atoms with Crippen LogP contribution in [0.5, 0.6) is 11.5 Å². The van der Waals surface area contributed by atoms with Gasteiger partial charge in [0.25, 0.3) is 0 Å². The molecule has 0 unspecified atom stereocenters. The molecule has 3 nitrogen and oxygen atoms in total. The SMILES string of the molecule is Oc1cc[n+]2cc(O)c3ccccc3c2c1.[Br-]. The van der Waals surface area contributed by atoms with Crippen LogP contribution in [0.2, 0.25) is 0 Å². The van der Waals surface area contributed by atoms with Crippen molar-refractivity contribution in [3.63, 3.8) is 0 Å². The summed E-state index contributed by atoms with van der Waals surface area (Å²) < 4.78 is 1.79. The minimum atomic E-state index is 0. The molecule has 3 aromatic rings. The number of rotatable bonds is 0. The summed E-state index contributed by atoms with van der Waals surface area (Å²) in [6.07, 6.45) is 3.36. The lowest BCUT2D eigenvalue weighted by Crippen LogP contribution is -3.00. The van der Waals surface area contributed by atoms with Crippen molar-refractivity contribution < 1.29 is 31.6 Å². The predicted octanol–water partition coefficient (Wildman–Crippen LogP) is -1.01. The van der Waals surface area contributed by atoms with E-state index in [4.69, 9.17) is 0 Å². The van der Waals surface area contributed by atoms with Gasteiger partial charge in [-0.3, -0.25) is 0 Å². The molecule has 17 heavy (non-hydrogen) atoms. The fourth-order valence-corrected chi connectivity index (χ4v) is 1.96. The quantitative estimate of drug-likeness (QED) is 0.412. The zero-order valence-electron chi connectivity index (χ0n) is 8.84. The fraction of sp³-hybridized carbons (Fsp3) is 0. The highest BCUT2D eigenvalue weighted by Gasteiger charge is 2.12. The van der Waals surface area contributed by atoms with E-state index in [1.54, 1.807) is 28.9 Å². The first-order chi connectivity index (χ1) is 7.75. The van der Waals surface area contributed by atoms with Crippen molar-refractivity contribution in [3.8, 4) is 11.5 Å². The van der Waals surface area contributed by atoms with Gasteiger partial charge in [-0.25, -0.2) is 0 Å². The molecule has 3 rings (SSSR count). The molecule has 0 aliphatic rings. The Hall–Kier alpha value is -1.81. The van der Waals surface area contributed by atoms with Crippen LogP contribution >= 0.6 is 0 Å². The molecule has 86 valence electrons. The number of pyridine rings is 2. The summed E-state index contributed by atoms with van der Waals surface area (Å²) in [5.41, 5.74) is 0.869. The molecule has 2 aromatic heterocycles. The molecule has 0 amide bonds. The van der Waals surface area contributed by atoms with Gasteiger partial charge in [0.15, 0.2) is 11.9 Å². The number of aromatic nitrogens is 1. The van der Waals surface area contributed by atoms with Crippen LogP contribution in [0.25, 0.3) is 16.3 Å². The summed E-state index contributed by atoms with van der Waals surface area (Å²) >= 11 is 0. The van der Waals surface area contributed by atoms with E-state index in [-0.39, 0.29) is 28.5 Å². The van der Waals surface area contributed by atoms with Crippen LogP contribution in [-0.2, 0) is 0 Å². The lowest BCUT2D eigenvalue weighted by molar-refractivity contribution is -0.511. The molecule has 2 heterocycles. The van der Waals surface area contributed by atoms with Crippen LogP contribution in [0.4, 0.5) is 0 Å². The van der Waals surface area contributed by atoms with E-state index < -0.39 is 0 Å². The first-order valence-corrected chi connectivity index (χ1v) is 5.00. The Kier molecular flexibility index (Phi) is 2.90. The summed E-state index contributed by atoms with van der Waals surface area (Å²) in [7, 11) is 0. The first-order valence-electron chi connectivity index (χ1n) is 5.00. The number of fused-ring (bicyclic) bond motifs is 3. The van der Waals surface area contributed by atoms with Crippen molar-refractivity contribution in [3.05, 3.63) is 48.8 Å². The maximum atomic E-state index is 9.86. The minimum Gasteiger partial charge on any atom is -1.00 e. The van der Waals surface area contributed by atoms with Gasteiger partial charge in [-0.1, -0.05) is 18.2 Å². The van der Waals surface area contributed by atoms with E-state index >= 15 is 0 Å². The van der Waals surface area contributed by atoms with Crippen LogP contribution in [0.15, 0.2) is 48.8 Å². The third-order valence-corrected chi connectivity index (χ3v) is 2.71.